The Balaban J connectivity index is 1.64. The van der Waals surface area contributed by atoms with Crippen molar-refractivity contribution in [3.63, 3.8) is 0 Å². The van der Waals surface area contributed by atoms with Gasteiger partial charge in [0.2, 0.25) is 0 Å². The van der Waals surface area contributed by atoms with Gasteiger partial charge in [-0.05, 0) is 60.7 Å². The standard InChI is InChI=1S/C26H19BrN2O2S/c1-15-6-12-19(31-15)14-22-25(30)29-24(17-7-10-18(27)11-8-17)21-13-9-16-4-2-3-5-20(16)23(21)28-26(29)32-22/h2-8,10-12,14,24H,9,13H2,1H3/b22-14+. The maximum Gasteiger partial charge on any atom is 0.271 e. The van der Waals surface area contributed by atoms with Crippen molar-refractivity contribution >= 4 is 39.0 Å². The van der Waals surface area contributed by atoms with Gasteiger partial charge in [0, 0.05) is 16.1 Å². The zero-order chi connectivity index (χ0) is 21.8. The van der Waals surface area contributed by atoms with E-state index in [0.29, 0.717) is 10.3 Å². The van der Waals surface area contributed by atoms with Gasteiger partial charge >= 0.3 is 0 Å². The highest BCUT2D eigenvalue weighted by atomic mass is 79.9. The van der Waals surface area contributed by atoms with Crippen molar-refractivity contribution < 1.29 is 4.42 Å². The molecular weight excluding hydrogens is 484 g/mol. The lowest BCUT2D eigenvalue weighted by Crippen LogP contribution is -2.38. The van der Waals surface area contributed by atoms with Crippen LogP contribution in [0.15, 0.2) is 84.9 Å². The number of fused-ring (bicyclic) bond motifs is 3. The average molecular weight is 503 g/mol. The van der Waals surface area contributed by atoms with Gasteiger partial charge in [-0.2, -0.15) is 0 Å². The highest BCUT2D eigenvalue weighted by molar-refractivity contribution is 9.10. The van der Waals surface area contributed by atoms with Gasteiger partial charge in [-0.15, -0.1) is 0 Å². The van der Waals surface area contributed by atoms with Crippen LogP contribution in [0.5, 0.6) is 0 Å². The first kappa shape index (κ1) is 19.7. The number of furan rings is 1. The topological polar surface area (TPSA) is 47.5 Å². The number of thiazole rings is 1. The zero-order valence-electron chi connectivity index (χ0n) is 17.3. The normalized spacial score (nSPS) is 17.6. The van der Waals surface area contributed by atoms with E-state index in [1.165, 1.54) is 28.0 Å². The summed E-state index contributed by atoms with van der Waals surface area (Å²) in [5.74, 6) is 1.51. The van der Waals surface area contributed by atoms with Gasteiger partial charge in [-0.25, -0.2) is 4.99 Å². The largest absolute Gasteiger partial charge is 0.462 e. The second-order valence-corrected chi connectivity index (χ2v) is 10.0. The molecule has 0 fully saturated rings. The third-order valence-corrected chi connectivity index (χ3v) is 7.60. The van der Waals surface area contributed by atoms with E-state index in [2.05, 4.69) is 52.3 Å². The molecular formula is C26H19BrN2O2S. The lowest BCUT2D eigenvalue weighted by Gasteiger charge is -2.30. The SMILES string of the molecule is Cc1ccc(/C=c2/sc3n(c2=O)C(c2ccc(Br)cc2)C2=C(N=3)c3ccccc3CC2)o1. The molecule has 1 aliphatic heterocycles. The minimum atomic E-state index is -0.164. The van der Waals surface area contributed by atoms with E-state index >= 15 is 0 Å². The maximum atomic E-state index is 13.6. The summed E-state index contributed by atoms with van der Waals surface area (Å²) in [6.45, 7) is 1.90. The molecule has 0 saturated heterocycles. The minimum Gasteiger partial charge on any atom is -0.462 e. The van der Waals surface area contributed by atoms with Gasteiger partial charge in [-0.1, -0.05) is 63.7 Å². The second-order valence-electron chi connectivity index (χ2n) is 8.11. The van der Waals surface area contributed by atoms with E-state index in [0.717, 1.165) is 39.1 Å². The van der Waals surface area contributed by atoms with Crippen LogP contribution in [0.1, 0.15) is 40.7 Å². The molecule has 4 aromatic rings. The Hall–Kier alpha value is -2.96. The van der Waals surface area contributed by atoms with Crippen LogP contribution in [0, 0.1) is 6.92 Å². The van der Waals surface area contributed by atoms with Crippen LogP contribution in [-0.2, 0) is 6.42 Å². The molecule has 0 bridgehead atoms. The molecule has 32 heavy (non-hydrogen) atoms. The first-order valence-corrected chi connectivity index (χ1v) is 12.1. The summed E-state index contributed by atoms with van der Waals surface area (Å²) in [4.78, 5) is 19.4. The summed E-state index contributed by atoms with van der Waals surface area (Å²) in [5, 5.41) is 0. The summed E-state index contributed by atoms with van der Waals surface area (Å²) >= 11 is 4.96. The van der Waals surface area contributed by atoms with Gasteiger partial charge in [0.15, 0.2) is 4.80 Å². The summed E-state index contributed by atoms with van der Waals surface area (Å²) in [5.41, 5.74) is 5.78. The van der Waals surface area contributed by atoms with Crippen molar-refractivity contribution in [1.82, 2.24) is 4.57 Å². The Labute approximate surface area is 197 Å². The highest BCUT2D eigenvalue weighted by Gasteiger charge is 2.32. The fraction of sp³-hybridized carbons (Fsp3) is 0.154. The third kappa shape index (κ3) is 3.17. The van der Waals surface area contributed by atoms with Crippen molar-refractivity contribution in [3.8, 4) is 0 Å². The Kier molecular flexibility index (Phi) is 4.66. The summed E-state index contributed by atoms with van der Waals surface area (Å²) in [6.07, 6.45) is 3.66. The number of halogens is 1. The molecule has 0 N–H and O–H groups in total. The molecule has 0 saturated carbocycles. The van der Waals surface area contributed by atoms with Gasteiger partial charge in [0.25, 0.3) is 5.56 Å². The van der Waals surface area contributed by atoms with Crippen LogP contribution < -0.4 is 14.9 Å². The molecule has 4 nitrogen and oxygen atoms in total. The van der Waals surface area contributed by atoms with Crippen LogP contribution in [0.2, 0.25) is 0 Å². The number of hydrogen-bond donors (Lipinski definition) is 0. The first-order chi connectivity index (χ1) is 15.6. The fourth-order valence-electron chi connectivity index (χ4n) is 4.63. The number of aryl methyl sites for hydroxylation is 2. The van der Waals surface area contributed by atoms with Crippen LogP contribution in [0.3, 0.4) is 0 Å². The Morgan fingerprint density at radius 2 is 1.91 bits per heavy atom. The molecule has 0 amide bonds. The Morgan fingerprint density at radius 3 is 2.69 bits per heavy atom. The van der Waals surface area contributed by atoms with Crippen molar-refractivity contribution in [1.29, 1.82) is 0 Å². The number of hydrogen-bond acceptors (Lipinski definition) is 4. The molecule has 1 unspecified atom stereocenters. The predicted molar refractivity (Wildman–Crippen MR) is 130 cm³/mol. The first-order valence-electron chi connectivity index (χ1n) is 10.5. The molecule has 6 rings (SSSR count). The smallest absolute Gasteiger partial charge is 0.271 e. The van der Waals surface area contributed by atoms with E-state index in [-0.39, 0.29) is 11.6 Å². The summed E-state index contributed by atoms with van der Waals surface area (Å²) in [7, 11) is 0. The van der Waals surface area contributed by atoms with Crippen LogP contribution in [-0.4, -0.2) is 4.57 Å². The minimum absolute atomic E-state index is 0.0267. The Bertz CT molecular complexity index is 1570. The molecule has 1 atom stereocenters. The van der Waals surface area contributed by atoms with E-state index < -0.39 is 0 Å². The van der Waals surface area contributed by atoms with E-state index in [9.17, 15) is 4.79 Å². The molecule has 1 aliphatic carbocycles. The molecule has 2 aliphatic rings. The maximum absolute atomic E-state index is 13.6. The second kappa shape index (κ2) is 7.57. The number of benzene rings is 2. The third-order valence-electron chi connectivity index (χ3n) is 6.09. The fourth-order valence-corrected chi connectivity index (χ4v) is 5.87. The van der Waals surface area contributed by atoms with Crippen molar-refractivity contribution in [3.05, 3.63) is 119 Å². The number of allylic oxidation sites excluding steroid dienone is 1. The van der Waals surface area contributed by atoms with E-state index in [1.807, 2.05) is 41.8 Å². The van der Waals surface area contributed by atoms with Crippen molar-refractivity contribution in [2.75, 3.05) is 0 Å². The van der Waals surface area contributed by atoms with Crippen molar-refractivity contribution in [2.24, 2.45) is 4.99 Å². The van der Waals surface area contributed by atoms with Gasteiger partial charge in [0.05, 0.1) is 16.3 Å². The van der Waals surface area contributed by atoms with Crippen LogP contribution in [0.25, 0.3) is 11.8 Å². The van der Waals surface area contributed by atoms with E-state index in [4.69, 9.17) is 9.41 Å². The average Bonchev–Trinajstić information content (AvgIpc) is 3.35. The van der Waals surface area contributed by atoms with Gasteiger partial charge < -0.3 is 4.42 Å². The van der Waals surface area contributed by atoms with Gasteiger partial charge in [-0.3, -0.25) is 9.36 Å². The van der Waals surface area contributed by atoms with Crippen LogP contribution in [0.4, 0.5) is 0 Å². The number of rotatable bonds is 2. The highest BCUT2D eigenvalue weighted by Crippen LogP contribution is 2.41. The Morgan fingerprint density at radius 1 is 1.09 bits per heavy atom. The summed E-state index contributed by atoms with van der Waals surface area (Å²) in [6, 6.07) is 20.4. The zero-order valence-corrected chi connectivity index (χ0v) is 19.7. The number of aromatic nitrogens is 1. The van der Waals surface area contributed by atoms with Crippen molar-refractivity contribution in [2.45, 2.75) is 25.8 Å². The molecule has 2 aromatic heterocycles. The summed E-state index contributed by atoms with van der Waals surface area (Å²) < 4.78 is 9.21. The predicted octanol–water partition coefficient (Wildman–Crippen LogP) is 4.98. The van der Waals surface area contributed by atoms with Gasteiger partial charge in [0.1, 0.15) is 11.5 Å². The quantitative estimate of drug-likeness (QED) is 0.387. The molecule has 0 spiro atoms. The van der Waals surface area contributed by atoms with E-state index in [1.54, 1.807) is 0 Å². The molecule has 2 aromatic carbocycles. The molecule has 6 heteroatoms. The monoisotopic (exact) mass is 502 g/mol. The molecule has 0 radical (unpaired) electrons. The van der Waals surface area contributed by atoms with Crippen LogP contribution >= 0.6 is 27.3 Å². The lowest BCUT2D eigenvalue weighted by molar-refractivity contribution is 0.524. The molecule has 158 valence electrons. The molecule has 3 heterocycles. The lowest BCUT2D eigenvalue weighted by atomic mass is 9.83. The number of nitrogens with zero attached hydrogens (tertiary/aromatic N) is 2.